The quantitative estimate of drug-likeness (QED) is 0.437. The van der Waals surface area contributed by atoms with Crippen LogP contribution in [0.15, 0.2) is 71.8 Å². The number of halogens is 1. The van der Waals surface area contributed by atoms with Gasteiger partial charge in [0.1, 0.15) is 22.2 Å². The van der Waals surface area contributed by atoms with E-state index < -0.39 is 20.6 Å². The summed E-state index contributed by atoms with van der Waals surface area (Å²) < 4.78 is 50.8. The molecule has 2 aromatic carbocycles. The second kappa shape index (κ2) is 9.20. The minimum atomic E-state index is -3.69. The first-order valence-electron chi connectivity index (χ1n) is 11.8. The lowest BCUT2D eigenvalue weighted by atomic mass is 9.99. The van der Waals surface area contributed by atoms with E-state index in [1.165, 1.54) is 38.1 Å². The van der Waals surface area contributed by atoms with Gasteiger partial charge in [0.25, 0.3) is 5.91 Å². The molecule has 36 heavy (non-hydrogen) atoms. The average Bonchev–Trinajstić information content (AvgIpc) is 3.66. The van der Waals surface area contributed by atoms with E-state index in [0.29, 0.717) is 17.2 Å². The van der Waals surface area contributed by atoms with Crippen molar-refractivity contribution in [3.63, 3.8) is 0 Å². The maximum Gasteiger partial charge on any atom is 0.261 e. The number of carbonyl (C=O) groups is 1. The summed E-state index contributed by atoms with van der Waals surface area (Å²) in [5.41, 5.74) is 1.43. The van der Waals surface area contributed by atoms with Crippen LogP contribution in [0.25, 0.3) is 0 Å². The molecular weight excluding hydrogens is 483 g/mol. The Morgan fingerprint density at radius 2 is 1.92 bits per heavy atom. The molecule has 5 rings (SSSR count). The summed E-state index contributed by atoms with van der Waals surface area (Å²) in [6.45, 7) is 3.05. The standard InChI is InChI=1S/C27H27FN2O5S/c1-27(2)35-23-13-8-19(15-24(23)36(27,32)33)26(18-6-7-18)30(16-21-5-3-4-14-29-21)25(31)17-34-22-11-9-20(28)10-12-22/h3-5,8-15,18,26H,6-7,16-17H2,1-2H3. The molecule has 1 unspecified atom stereocenters. The van der Waals surface area contributed by atoms with Crippen molar-refractivity contribution in [2.24, 2.45) is 5.92 Å². The number of pyridine rings is 1. The smallest absolute Gasteiger partial charge is 0.261 e. The van der Waals surface area contributed by atoms with Crippen LogP contribution in [-0.4, -0.2) is 35.7 Å². The summed E-state index contributed by atoms with van der Waals surface area (Å²) in [5, 5.41) is 0. The number of benzene rings is 2. The SMILES string of the molecule is CC1(C)Oc2ccc(C(C3CC3)N(Cc3ccccn3)C(=O)COc3ccc(F)cc3)cc2S1(=O)=O. The number of rotatable bonds is 8. The van der Waals surface area contributed by atoms with E-state index in [9.17, 15) is 17.6 Å². The van der Waals surface area contributed by atoms with Crippen LogP contribution < -0.4 is 9.47 Å². The van der Waals surface area contributed by atoms with E-state index in [-0.39, 0.29) is 35.9 Å². The third kappa shape index (κ3) is 4.67. The van der Waals surface area contributed by atoms with Crippen molar-refractivity contribution in [1.82, 2.24) is 9.88 Å². The highest BCUT2D eigenvalue weighted by Crippen LogP contribution is 2.48. The van der Waals surface area contributed by atoms with Crippen molar-refractivity contribution >= 4 is 15.7 Å². The number of aromatic nitrogens is 1. The van der Waals surface area contributed by atoms with Gasteiger partial charge in [0.05, 0.1) is 18.3 Å². The van der Waals surface area contributed by atoms with E-state index in [1.807, 2.05) is 18.2 Å². The van der Waals surface area contributed by atoms with Crippen molar-refractivity contribution in [2.45, 2.75) is 49.1 Å². The Labute approximate surface area is 209 Å². The number of amides is 1. The van der Waals surface area contributed by atoms with E-state index in [2.05, 4.69) is 4.98 Å². The van der Waals surface area contributed by atoms with Gasteiger partial charge >= 0.3 is 0 Å². The lowest BCUT2D eigenvalue weighted by molar-refractivity contribution is -0.137. The van der Waals surface area contributed by atoms with Crippen LogP contribution in [0.1, 0.15) is 44.0 Å². The molecule has 188 valence electrons. The number of fused-ring (bicyclic) bond motifs is 1. The fraction of sp³-hybridized carbons (Fsp3) is 0.333. The first kappa shape index (κ1) is 24.2. The van der Waals surface area contributed by atoms with Crippen LogP contribution in [0.4, 0.5) is 4.39 Å². The normalized spacial score (nSPS) is 18.1. The molecule has 2 aliphatic rings. The molecule has 7 nitrogen and oxygen atoms in total. The largest absolute Gasteiger partial charge is 0.484 e. The zero-order chi connectivity index (χ0) is 25.5. The molecule has 9 heteroatoms. The monoisotopic (exact) mass is 510 g/mol. The molecule has 1 fully saturated rings. The second-order valence-corrected chi connectivity index (χ2v) is 12.0. The van der Waals surface area contributed by atoms with Crippen LogP contribution in [0.3, 0.4) is 0 Å². The molecule has 0 radical (unpaired) electrons. The number of sulfone groups is 1. The zero-order valence-electron chi connectivity index (χ0n) is 20.1. The summed E-state index contributed by atoms with van der Waals surface area (Å²) in [6.07, 6.45) is 3.50. The van der Waals surface area contributed by atoms with Crippen LogP contribution in [-0.2, 0) is 21.2 Å². The molecule has 1 aromatic heterocycles. The van der Waals surface area contributed by atoms with Gasteiger partial charge in [-0.3, -0.25) is 9.78 Å². The third-order valence-corrected chi connectivity index (χ3v) is 8.84. The number of ether oxygens (including phenoxy) is 2. The van der Waals surface area contributed by atoms with Gasteiger partial charge < -0.3 is 14.4 Å². The van der Waals surface area contributed by atoms with Crippen molar-refractivity contribution in [2.75, 3.05) is 6.61 Å². The maximum atomic E-state index is 13.6. The molecule has 1 atom stereocenters. The molecule has 1 aliphatic carbocycles. The van der Waals surface area contributed by atoms with E-state index in [4.69, 9.17) is 9.47 Å². The zero-order valence-corrected chi connectivity index (χ0v) is 20.9. The van der Waals surface area contributed by atoms with Gasteiger partial charge in [-0.2, -0.15) is 0 Å². The Morgan fingerprint density at radius 1 is 1.17 bits per heavy atom. The van der Waals surface area contributed by atoms with Crippen LogP contribution in [0, 0.1) is 11.7 Å². The molecule has 3 aromatic rings. The highest BCUT2D eigenvalue weighted by molar-refractivity contribution is 7.93. The van der Waals surface area contributed by atoms with Gasteiger partial charge in [0.15, 0.2) is 6.61 Å². The molecule has 0 saturated heterocycles. The number of hydrogen-bond acceptors (Lipinski definition) is 6. The summed E-state index contributed by atoms with van der Waals surface area (Å²) in [6, 6.07) is 15.8. The fourth-order valence-electron chi connectivity index (χ4n) is 4.47. The van der Waals surface area contributed by atoms with Crippen molar-refractivity contribution < 1.29 is 27.1 Å². The predicted molar refractivity (Wildman–Crippen MR) is 130 cm³/mol. The van der Waals surface area contributed by atoms with E-state index in [1.54, 1.807) is 29.3 Å². The second-order valence-electron chi connectivity index (χ2n) is 9.58. The molecule has 0 spiro atoms. The lowest BCUT2D eigenvalue weighted by Crippen LogP contribution is -2.39. The Balaban J connectivity index is 1.48. The Bertz CT molecular complexity index is 1370. The minimum absolute atomic E-state index is 0.142. The summed E-state index contributed by atoms with van der Waals surface area (Å²) in [7, 11) is -3.69. The van der Waals surface area contributed by atoms with Gasteiger partial charge in [-0.15, -0.1) is 0 Å². The van der Waals surface area contributed by atoms with Gasteiger partial charge in [0.2, 0.25) is 14.8 Å². The first-order chi connectivity index (χ1) is 17.2. The Kier molecular flexibility index (Phi) is 6.20. The number of hydrogen-bond donors (Lipinski definition) is 0. The van der Waals surface area contributed by atoms with Crippen LogP contribution in [0.5, 0.6) is 11.5 Å². The highest BCUT2D eigenvalue weighted by atomic mass is 32.2. The minimum Gasteiger partial charge on any atom is -0.484 e. The summed E-state index contributed by atoms with van der Waals surface area (Å²) in [4.78, 5) is 18.4. The average molecular weight is 511 g/mol. The Morgan fingerprint density at radius 3 is 2.58 bits per heavy atom. The van der Waals surface area contributed by atoms with Crippen molar-refractivity contribution in [1.29, 1.82) is 0 Å². The van der Waals surface area contributed by atoms with Gasteiger partial charge in [-0.1, -0.05) is 12.1 Å². The number of nitrogens with zero attached hydrogens (tertiary/aromatic N) is 2. The van der Waals surface area contributed by atoms with Crippen molar-refractivity contribution in [3.8, 4) is 11.5 Å². The summed E-state index contributed by atoms with van der Waals surface area (Å²) >= 11 is 0. The van der Waals surface area contributed by atoms with Crippen LogP contribution in [0.2, 0.25) is 0 Å². The molecule has 0 bridgehead atoms. The maximum absolute atomic E-state index is 13.6. The predicted octanol–water partition coefficient (Wildman–Crippen LogP) is 4.68. The lowest BCUT2D eigenvalue weighted by Gasteiger charge is -2.32. The fourth-order valence-corrected chi connectivity index (χ4v) is 5.87. The van der Waals surface area contributed by atoms with Gasteiger partial charge in [-0.25, -0.2) is 12.8 Å². The van der Waals surface area contributed by atoms with Crippen LogP contribution >= 0.6 is 0 Å². The molecule has 2 heterocycles. The van der Waals surface area contributed by atoms with Gasteiger partial charge in [0, 0.05) is 6.20 Å². The molecule has 1 amide bonds. The third-order valence-electron chi connectivity index (χ3n) is 6.56. The molecule has 1 aliphatic heterocycles. The molecule has 1 saturated carbocycles. The van der Waals surface area contributed by atoms with E-state index >= 15 is 0 Å². The Hall–Kier alpha value is -3.46. The highest BCUT2D eigenvalue weighted by Gasteiger charge is 2.47. The van der Waals surface area contributed by atoms with E-state index in [0.717, 1.165) is 18.4 Å². The summed E-state index contributed by atoms with van der Waals surface area (Å²) in [5.74, 6) is 0.216. The number of carbonyl (C=O) groups excluding carboxylic acids is 1. The molecular formula is C27H27FN2O5S. The first-order valence-corrected chi connectivity index (χ1v) is 13.3. The van der Waals surface area contributed by atoms with Crippen molar-refractivity contribution in [3.05, 3.63) is 83.9 Å². The molecule has 0 N–H and O–H groups in total. The topological polar surface area (TPSA) is 85.8 Å². The van der Waals surface area contributed by atoms with Gasteiger partial charge in [-0.05, 0) is 86.7 Å².